The van der Waals surface area contributed by atoms with Crippen LogP contribution < -0.4 is 0 Å². The maximum absolute atomic E-state index is 12.8. The van der Waals surface area contributed by atoms with Crippen LogP contribution in [-0.2, 0) is 25.2 Å². The fraction of sp³-hybridized carbons (Fsp3) is 0.250. The average Bonchev–Trinajstić information content (AvgIpc) is 3.10. The van der Waals surface area contributed by atoms with E-state index in [1.807, 2.05) is 0 Å². The number of carbonyl (C=O) groups is 2. The summed E-state index contributed by atoms with van der Waals surface area (Å²) >= 11 is 0. The monoisotopic (exact) mass is 342 g/mol. The number of rotatable bonds is 2. The third-order valence-electron chi connectivity index (χ3n) is 3.06. The van der Waals surface area contributed by atoms with Crippen molar-refractivity contribution >= 4 is 31.5 Å². The first kappa shape index (κ1) is 13.2. The lowest BCUT2D eigenvalue weighted by Crippen LogP contribution is -2.13. The Morgan fingerprint density at radius 1 is 1.14 bits per heavy atom. The SMILES string of the molecule is CS1(=O)=NC(=O)n2c(CS3(=O)=NC(=O)n4nncc43)nnc21. The maximum atomic E-state index is 12.8. The molecule has 0 fully saturated rings. The van der Waals surface area contributed by atoms with E-state index in [0.29, 0.717) is 0 Å². The molecule has 14 heteroatoms. The summed E-state index contributed by atoms with van der Waals surface area (Å²) in [7, 11) is -6.17. The minimum absolute atomic E-state index is 0.0227. The first-order chi connectivity index (χ1) is 10.3. The topological polar surface area (TPSA) is 154 Å². The Bertz CT molecular complexity index is 1110. The Labute approximate surface area is 122 Å². The van der Waals surface area contributed by atoms with E-state index >= 15 is 0 Å². The van der Waals surface area contributed by atoms with Crippen LogP contribution in [0.3, 0.4) is 0 Å². The van der Waals surface area contributed by atoms with Crippen LogP contribution in [-0.4, -0.2) is 56.5 Å². The van der Waals surface area contributed by atoms with E-state index in [1.54, 1.807) is 0 Å². The van der Waals surface area contributed by atoms with Crippen molar-refractivity contribution in [2.45, 2.75) is 15.9 Å². The van der Waals surface area contributed by atoms with Gasteiger partial charge in [0.1, 0.15) is 19.5 Å². The number of hydrogen-bond donors (Lipinski definition) is 0. The van der Waals surface area contributed by atoms with Crippen molar-refractivity contribution in [1.29, 1.82) is 0 Å². The zero-order valence-corrected chi connectivity index (χ0v) is 12.4. The lowest BCUT2D eigenvalue weighted by molar-refractivity contribution is 0.247. The number of carbonyl (C=O) groups excluding carboxylic acids is 2. The van der Waals surface area contributed by atoms with E-state index in [2.05, 4.69) is 29.2 Å². The van der Waals surface area contributed by atoms with Crippen LogP contribution in [0.5, 0.6) is 0 Å². The summed E-state index contributed by atoms with van der Waals surface area (Å²) in [5.74, 6) is -0.400. The predicted octanol–water partition coefficient (Wildman–Crippen LogP) is -0.683. The molecule has 0 N–H and O–H groups in total. The average molecular weight is 342 g/mol. The van der Waals surface area contributed by atoms with Crippen LogP contribution in [0.2, 0.25) is 0 Å². The second kappa shape index (κ2) is 3.83. The van der Waals surface area contributed by atoms with E-state index in [9.17, 15) is 18.0 Å². The van der Waals surface area contributed by atoms with Gasteiger partial charge in [-0.2, -0.15) is 0 Å². The summed E-state index contributed by atoms with van der Waals surface area (Å²) in [5.41, 5.74) is 0. The molecule has 4 rings (SSSR count). The van der Waals surface area contributed by atoms with Crippen LogP contribution in [0.25, 0.3) is 0 Å². The fourth-order valence-corrected chi connectivity index (χ4v) is 5.08. The number of nitrogens with zero attached hydrogens (tertiary/aromatic N) is 8. The molecular formula is C8H6N8O4S2. The van der Waals surface area contributed by atoms with E-state index in [-0.39, 0.29) is 21.8 Å². The Balaban J connectivity index is 1.85. The molecule has 0 saturated carbocycles. The molecule has 0 spiro atoms. The standard InChI is InChI=1S/C8H6N8O4S2/c1-21(19)8-11-10-4(15(8)6(17)12-21)3-22(20)5-2-9-14-16(5)7(18)13-22/h2H,3H2,1H3. The van der Waals surface area contributed by atoms with Crippen LogP contribution in [0.4, 0.5) is 9.59 Å². The molecular weight excluding hydrogens is 336 g/mol. The van der Waals surface area contributed by atoms with Crippen LogP contribution in [0, 0.1) is 0 Å². The van der Waals surface area contributed by atoms with Crippen molar-refractivity contribution in [1.82, 2.24) is 29.8 Å². The molecule has 2 aromatic rings. The number of fused-ring (bicyclic) bond motifs is 2. The van der Waals surface area contributed by atoms with E-state index < -0.39 is 31.5 Å². The molecule has 114 valence electrons. The molecule has 0 radical (unpaired) electrons. The Kier molecular flexibility index (Phi) is 2.30. The Morgan fingerprint density at radius 3 is 2.68 bits per heavy atom. The van der Waals surface area contributed by atoms with Gasteiger partial charge in [0.15, 0.2) is 10.9 Å². The van der Waals surface area contributed by atoms with Gasteiger partial charge in [-0.05, 0) is 0 Å². The summed E-state index contributed by atoms with van der Waals surface area (Å²) in [6.45, 7) is 0. The van der Waals surface area contributed by atoms with Crippen molar-refractivity contribution in [3.63, 3.8) is 0 Å². The zero-order valence-electron chi connectivity index (χ0n) is 10.8. The summed E-state index contributed by atoms with van der Waals surface area (Å²) in [6, 6.07) is -1.62. The number of hydrogen-bond acceptors (Lipinski definition) is 8. The van der Waals surface area contributed by atoms with Crippen molar-refractivity contribution in [2.75, 3.05) is 6.26 Å². The molecule has 12 nitrogen and oxygen atoms in total. The van der Waals surface area contributed by atoms with Gasteiger partial charge in [-0.3, -0.25) is 0 Å². The predicted molar refractivity (Wildman–Crippen MR) is 68.9 cm³/mol. The van der Waals surface area contributed by atoms with E-state index in [4.69, 9.17) is 0 Å². The molecule has 0 aromatic carbocycles. The molecule has 0 saturated heterocycles. The minimum atomic E-state index is -3.22. The number of amides is 2. The van der Waals surface area contributed by atoms with Crippen molar-refractivity contribution < 1.29 is 18.0 Å². The lowest BCUT2D eigenvalue weighted by atomic mass is 10.7. The lowest BCUT2D eigenvalue weighted by Gasteiger charge is -2.02. The molecule has 2 aliphatic heterocycles. The van der Waals surface area contributed by atoms with Crippen LogP contribution in [0.15, 0.2) is 25.1 Å². The molecule has 4 heterocycles. The van der Waals surface area contributed by atoms with Crippen molar-refractivity contribution in [3.8, 4) is 0 Å². The summed E-state index contributed by atoms with van der Waals surface area (Å²) < 4.78 is 33.7. The van der Waals surface area contributed by atoms with Gasteiger partial charge >= 0.3 is 12.1 Å². The normalized spacial score (nSPS) is 29.1. The molecule has 2 atom stereocenters. The van der Waals surface area contributed by atoms with Gasteiger partial charge in [-0.25, -0.2) is 22.6 Å². The highest BCUT2D eigenvalue weighted by Gasteiger charge is 2.36. The first-order valence-electron chi connectivity index (χ1n) is 5.72. The summed E-state index contributed by atoms with van der Waals surface area (Å²) in [6.07, 6.45) is 2.41. The molecule has 2 amide bonds. The third-order valence-corrected chi connectivity index (χ3v) is 6.54. The zero-order chi connectivity index (χ0) is 15.7. The van der Waals surface area contributed by atoms with Gasteiger partial charge < -0.3 is 0 Å². The second-order valence-corrected chi connectivity index (χ2v) is 8.88. The van der Waals surface area contributed by atoms with E-state index in [0.717, 1.165) is 15.4 Å². The smallest absolute Gasteiger partial charge is 0.244 e. The third kappa shape index (κ3) is 1.55. The Morgan fingerprint density at radius 2 is 1.91 bits per heavy atom. The van der Waals surface area contributed by atoms with Crippen molar-refractivity contribution in [2.24, 2.45) is 8.73 Å². The van der Waals surface area contributed by atoms with Gasteiger partial charge in [-0.1, -0.05) is 5.21 Å². The molecule has 0 aliphatic carbocycles. The fourth-order valence-electron chi connectivity index (χ4n) is 2.13. The molecule has 0 bridgehead atoms. The molecule has 2 aromatic heterocycles. The molecule has 2 aliphatic rings. The van der Waals surface area contributed by atoms with E-state index in [1.165, 1.54) is 6.26 Å². The van der Waals surface area contributed by atoms with Crippen molar-refractivity contribution in [3.05, 3.63) is 12.0 Å². The second-order valence-electron chi connectivity index (χ2n) is 4.55. The van der Waals surface area contributed by atoms with Crippen LogP contribution in [0.1, 0.15) is 5.82 Å². The van der Waals surface area contributed by atoms with Gasteiger partial charge in [-0.15, -0.1) is 28.7 Å². The summed E-state index contributed by atoms with van der Waals surface area (Å²) in [4.78, 5) is 23.4. The largest absolute Gasteiger partial charge is 0.379 e. The minimum Gasteiger partial charge on any atom is -0.244 e. The Hall–Kier alpha value is -2.48. The summed E-state index contributed by atoms with van der Waals surface area (Å²) in [5, 5.41) is 14.3. The quantitative estimate of drug-likeness (QED) is 0.695. The highest BCUT2D eigenvalue weighted by molar-refractivity contribution is 7.93. The molecule has 22 heavy (non-hydrogen) atoms. The molecule has 2 unspecified atom stereocenters. The van der Waals surface area contributed by atoms with Gasteiger partial charge in [0.2, 0.25) is 5.16 Å². The maximum Gasteiger partial charge on any atom is 0.379 e. The highest BCUT2D eigenvalue weighted by atomic mass is 32.2. The first-order valence-corrected chi connectivity index (χ1v) is 9.33. The van der Waals surface area contributed by atoms with Gasteiger partial charge in [0.05, 0.1) is 11.9 Å². The van der Waals surface area contributed by atoms with Crippen LogP contribution >= 0.6 is 0 Å². The van der Waals surface area contributed by atoms with Gasteiger partial charge in [0, 0.05) is 6.26 Å². The number of aromatic nitrogens is 6. The highest BCUT2D eigenvalue weighted by Crippen LogP contribution is 2.26. The van der Waals surface area contributed by atoms with Gasteiger partial charge in [0.25, 0.3) is 0 Å².